The van der Waals surface area contributed by atoms with Crippen LogP contribution < -0.4 is 0 Å². The standard InChI is InChI=1S/C11H15NOS2/c1-8(13)6-10-7-15-11(12-10)9-2-4-14-5-3-9/h7,9H,2-6H2,1H3. The van der Waals surface area contributed by atoms with Gasteiger partial charge < -0.3 is 0 Å². The smallest absolute Gasteiger partial charge is 0.135 e. The third-order valence-electron chi connectivity index (χ3n) is 2.57. The monoisotopic (exact) mass is 241 g/mol. The second-order valence-electron chi connectivity index (χ2n) is 3.94. The summed E-state index contributed by atoms with van der Waals surface area (Å²) >= 11 is 3.76. The van der Waals surface area contributed by atoms with Crippen LogP contribution in [0.5, 0.6) is 0 Å². The molecule has 0 aliphatic carbocycles. The molecule has 1 aromatic rings. The Morgan fingerprint density at radius 3 is 2.93 bits per heavy atom. The van der Waals surface area contributed by atoms with Gasteiger partial charge in [0.25, 0.3) is 0 Å². The Labute approximate surface area is 98.5 Å². The van der Waals surface area contributed by atoms with E-state index >= 15 is 0 Å². The van der Waals surface area contributed by atoms with E-state index in [1.165, 1.54) is 29.4 Å². The SMILES string of the molecule is CC(=O)Cc1csc(C2CCSCC2)n1. The second-order valence-corrected chi connectivity index (χ2v) is 6.06. The minimum absolute atomic E-state index is 0.200. The van der Waals surface area contributed by atoms with E-state index in [0.717, 1.165) is 5.69 Å². The summed E-state index contributed by atoms with van der Waals surface area (Å²) in [7, 11) is 0. The summed E-state index contributed by atoms with van der Waals surface area (Å²) in [6.45, 7) is 1.62. The molecule has 1 aromatic heterocycles. The number of aromatic nitrogens is 1. The van der Waals surface area contributed by atoms with Gasteiger partial charge in [0.1, 0.15) is 5.78 Å². The molecule has 0 aromatic carbocycles. The van der Waals surface area contributed by atoms with Gasteiger partial charge in [-0.05, 0) is 31.3 Å². The van der Waals surface area contributed by atoms with Gasteiger partial charge in [-0.1, -0.05) is 0 Å². The molecule has 1 aliphatic heterocycles. The third kappa shape index (κ3) is 3.05. The van der Waals surface area contributed by atoms with E-state index in [1.54, 1.807) is 18.3 Å². The molecule has 2 nitrogen and oxygen atoms in total. The number of carbonyl (C=O) groups excluding carboxylic acids is 1. The van der Waals surface area contributed by atoms with Crippen LogP contribution in [0.1, 0.15) is 36.4 Å². The van der Waals surface area contributed by atoms with E-state index in [4.69, 9.17) is 0 Å². The van der Waals surface area contributed by atoms with Gasteiger partial charge in [-0.2, -0.15) is 11.8 Å². The van der Waals surface area contributed by atoms with Crippen LogP contribution in [0.2, 0.25) is 0 Å². The lowest BCUT2D eigenvalue weighted by Gasteiger charge is -2.18. The van der Waals surface area contributed by atoms with Crippen LogP contribution in [0, 0.1) is 0 Å². The van der Waals surface area contributed by atoms with Gasteiger partial charge >= 0.3 is 0 Å². The Morgan fingerprint density at radius 1 is 1.53 bits per heavy atom. The number of ketones is 1. The van der Waals surface area contributed by atoms with Crippen molar-refractivity contribution in [2.24, 2.45) is 0 Å². The minimum atomic E-state index is 0.200. The van der Waals surface area contributed by atoms with Gasteiger partial charge in [0, 0.05) is 17.7 Å². The van der Waals surface area contributed by atoms with Gasteiger partial charge in [-0.25, -0.2) is 4.98 Å². The lowest BCUT2D eigenvalue weighted by molar-refractivity contribution is -0.116. The van der Waals surface area contributed by atoms with E-state index < -0.39 is 0 Å². The lowest BCUT2D eigenvalue weighted by atomic mass is 10.0. The fourth-order valence-electron chi connectivity index (χ4n) is 1.79. The molecule has 0 atom stereocenters. The Bertz CT molecular complexity index is 342. The number of Topliss-reactive ketones (excluding diaryl/α,β-unsaturated/α-hetero) is 1. The molecule has 2 heterocycles. The number of nitrogens with zero attached hydrogens (tertiary/aromatic N) is 1. The quantitative estimate of drug-likeness (QED) is 0.815. The first-order valence-electron chi connectivity index (χ1n) is 5.27. The lowest BCUT2D eigenvalue weighted by Crippen LogP contribution is -2.07. The van der Waals surface area contributed by atoms with Crippen LogP contribution in [0.4, 0.5) is 0 Å². The molecule has 0 unspecified atom stereocenters. The van der Waals surface area contributed by atoms with Crippen molar-refractivity contribution in [3.05, 3.63) is 16.1 Å². The maximum atomic E-state index is 11.0. The normalized spacial score (nSPS) is 17.9. The molecule has 0 spiro atoms. The van der Waals surface area contributed by atoms with E-state index in [9.17, 15) is 4.79 Å². The van der Waals surface area contributed by atoms with Crippen LogP contribution in [0.15, 0.2) is 5.38 Å². The molecule has 1 fully saturated rings. The van der Waals surface area contributed by atoms with Gasteiger partial charge in [-0.3, -0.25) is 4.79 Å². The van der Waals surface area contributed by atoms with Crippen LogP contribution in [0.3, 0.4) is 0 Å². The van der Waals surface area contributed by atoms with Gasteiger partial charge in [0.15, 0.2) is 0 Å². The zero-order chi connectivity index (χ0) is 10.7. The molecular formula is C11H15NOS2. The van der Waals surface area contributed by atoms with Crippen LogP contribution >= 0.6 is 23.1 Å². The summed E-state index contributed by atoms with van der Waals surface area (Å²) < 4.78 is 0. The fourth-order valence-corrected chi connectivity index (χ4v) is 3.89. The average Bonchev–Trinajstić information content (AvgIpc) is 2.67. The van der Waals surface area contributed by atoms with E-state index in [1.807, 2.05) is 17.1 Å². The van der Waals surface area contributed by atoms with Crippen LogP contribution in [-0.2, 0) is 11.2 Å². The Kier molecular flexibility index (Phi) is 3.81. The molecule has 4 heteroatoms. The topological polar surface area (TPSA) is 30.0 Å². The van der Waals surface area contributed by atoms with Crippen molar-refractivity contribution in [3.8, 4) is 0 Å². The molecule has 0 radical (unpaired) electrons. The van der Waals surface area contributed by atoms with Crippen molar-refractivity contribution in [2.75, 3.05) is 11.5 Å². The number of carbonyl (C=O) groups is 1. The molecule has 82 valence electrons. The molecule has 1 aliphatic rings. The molecule has 2 rings (SSSR count). The highest BCUT2D eigenvalue weighted by molar-refractivity contribution is 7.99. The predicted molar refractivity (Wildman–Crippen MR) is 65.8 cm³/mol. The molecule has 0 amide bonds. The molecule has 1 saturated heterocycles. The average molecular weight is 241 g/mol. The van der Waals surface area contributed by atoms with Crippen molar-refractivity contribution in [1.29, 1.82) is 0 Å². The van der Waals surface area contributed by atoms with Crippen molar-refractivity contribution < 1.29 is 4.79 Å². The largest absolute Gasteiger partial charge is 0.300 e. The number of thiazole rings is 1. The van der Waals surface area contributed by atoms with Crippen molar-refractivity contribution >= 4 is 28.9 Å². The highest BCUT2D eigenvalue weighted by atomic mass is 32.2. The number of thioether (sulfide) groups is 1. The van der Waals surface area contributed by atoms with E-state index in [2.05, 4.69) is 4.98 Å². The predicted octanol–water partition coefficient (Wildman–Crippen LogP) is 2.89. The first kappa shape index (κ1) is 11.1. The molecule has 15 heavy (non-hydrogen) atoms. The maximum Gasteiger partial charge on any atom is 0.135 e. The Balaban J connectivity index is 2.02. The van der Waals surface area contributed by atoms with Crippen LogP contribution in [-0.4, -0.2) is 22.3 Å². The van der Waals surface area contributed by atoms with Gasteiger partial charge in [0.2, 0.25) is 0 Å². The minimum Gasteiger partial charge on any atom is -0.300 e. The first-order valence-corrected chi connectivity index (χ1v) is 7.30. The van der Waals surface area contributed by atoms with Gasteiger partial charge in [0.05, 0.1) is 10.7 Å². The van der Waals surface area contributed by atoms with E-state index in [-0.39, 0.29) is 5.78 Å². The molecule has 0 bridgehead atoms. The molecule has 0 N–H and O–H groups in total. The third-order valence-corrected chi connectivity index (χ3v) is 4.67. The maximum absolute atomic E-state index is 11.0. The number of rotatable bonds is 3. The Morgan fingerprint density at radius 2 is 2.27 bits per heavy atom. The summed E-state index contributed by atoms with van der Waals surface area (Å²) in [4.78, 5) is 15.5. The van der Waals surface area contributed by atoms with E-state index in [0.29, 0.717) is 12.3 Å². The summed E-state index contributed by atoms with van der Waals surface area (Å²) in [5.74, 6) is 3.36. The number of hydrogen-bond donors (Lipinski definition) is 0. The highest BCUT2D eigenvalue weighted by Crippen LogP contribution is 2.33. The van der Waals surface area contributed by atoms with Crippen LogP contribution in [0.25, 0.3) is 0 Å². The summed E-state index contributed by atoms with van der Waals surface area (Å²) in [6, 6.07) is 0. The first-order chi connectivity index (χ1) is 7.25. The number of hydrogen-bond acceptors (Lipinski definition) is 4. The van der Waals surface area contributed by atoms with Crippen molar-refractivity contribution in [1.82, 2.24) is 4.98 Å². The van der Waals surface area contributed by atoms with Crippen molar-refractivity contribution in [3.63, 3.8) is 0 Å². The zero-order valence-electron chi connectivity index (χ0n) is 8.86. The fraction of sp³-hybridized carbons (Fsp3) is 0.636. The highest BCUT2D eigenvalue weighted by Gasteiger charge is 2.18. The molecular weight excluding hydrogens is 226 g/mol. The summed E-state index contributed by atoms with van der Waals surface area (Å²) in [5, 5.41) is 3.28. The zero-order valence-corrected chi connectivity index (χ0v) is 10.5. The van der Waals surface area contributed by atoms with Gasteiger partial charge in [-0.15, -0.1) is 11.3 Å². The molecule has 0 saturated carbocycles. The summed E-state index contributed by atoms with van der Waals surface area (Å²) in [5.41, 5.74) is 0.959. The van der Waals surface area contributed by atoms with Crippen molar-refractivity contribution in [2.45, 2.75) is 32.1 Å². The Hall–Kier alpha value is -0.350. The second kappa shape index (κ2) is 5.12. The summed E-state index contributed by atoms with van der Waals surface area (Å²) in [6.07, 6.45) is 2.99.